The quantitative estimate of drug-likeness (QED) is 0.577. The van der Waals surface area contributed by atoms with Crippen molar-refractivity contribution in [3.05, 3.63) is 0 Å². The predicted octanol–water partition coefficient (Wildman–Crippen LogP) is 2.43. The number of hydrogen-bond donors (Lipinski definition) is 2. The monoisotopic (exact) mass is 275 g/mol. The molecule has 0 bridgehead atoms. The Balaban J connectivity index is 2.55. The van der Waals surface area contributed by atoms with Gasteiger partial charge in [-0.3, -0.25) is 0 Å². The van der Waals surface area contributed by atoms with E-state index in [0.29, 0.717) is 6.54 Å². The van der Waals surface area contributed by atoms with Gasteiger partial charge in [0.25, 0.3) is 0 Å². The van der Waals surface area contributed by atoms with E-state index < -0.39 is 14.4 Å². The lowest BCUT2D eigenvalue weighted by molar-refractivity contribution is 0.147. The topological polar surface area (TPSA) is 71.1 Å². The van der Waals surface area contributed by atoms with Gasteiger partial charge < -0.3 is 19.6 Å². The lowest BCUT2D eigenvalue weighted by Crippen LogP contribution is -2.47. The summed E-state index contributed by atoms with van der Waals surface area (Å²) in [6.45, 7) is 12.0. The molecule has 6 heteroatoms. The summed E-state index contributed by atoms with van der Waals surface area (Å²) in [6, 6.07) is 0. The maximum atomic E-state index is 10.6. The Kier molecular flexibility index (Phi) is 4.80. The lowest BCUT2D eigenvalue weighted by atomic mass is 10.2. The number of ether oxygens (including phenoxy) is 1. The van der Waals surface area contributed by atoms with Gasteiger partial charge in [0.1, 0.15) is 0 Å². The molecule has 1 saturated heterocycles. The average Bonchev–Trinajstić information content (AvgIpc) is 2.95. The van der Waals surface area contributed by atoms with Gasteiger partial charge in [0.05, 0.1) is 18.8 Å². The van der Waals surface area contributed by atoms with Crippen molar-refractivity contribution in [1.29, 1.82) is 0 Å². The molecule has 0 aromatic heterocycles. The Labute approximate surface area is 110 Å². The first-order valence-corrected chi connectivity index (χ1v) is 9.29. The summed E-state index contributed by atoms with van der Waals surface area (Å²) < 4.78 is 11.4. The minimum atomic E-state index is -1.87. The molecular weight excluding hydrogens is 250 g/mol. The minimum absolute atomic E-state index is 0.0884. The normalized spacial score (nSPS) is 21.5. The number of hydrogen-bond acceptors (Lipinski definition) is 3. The molecule has 0 aromatic rings. The SMILES string of the molecule is CC(C)(C)[Si](C)(C)OC(CNC(=O)O)CC1CO1. The van der Waals surface area contributed by atoms with E-state index in [4.69, 9.17) is 14.3 Å². The van der Waals surface area contributed by atoms with E-state index >= 15 is 0 Å². The van der Waals surface area contributed by atoms with Gasteiger partial charge in [0.15, 0.2) is 8.32 Å². The van der Waals surface area contributed by atoms with Gasteiger partial charge in [0.2, 0.25) is 0 Å². The van der Waals surface area contributed by atoms with Gasteiger partial charge in [-0.1, -0.05) is 20.8 Å². The van der Waals surface area contributed by atoms with Crippen LogP contribution in [0.25, 0.3) is 0 Å². The van der Waals surface area contributed by atoms with Crippen LogP contribution in [0, 0.1) is 0 Å². The fourth-order valence-electron chi connectivity index (χ4n) is 1.47. The molecule has 18 heavy (non-hydrogen) atoms. The van der Waals surface area contributed by atoms with Gasteiger partial charge >= 0.3 is 6.09 Å². The number of nitrogens with one attached hydrogen (secondary N) is 1. The van der Waals surface area contributed by atoms with E-state index in [9.17, 15) is 4.79 Å². The number of amides is 1. The molecule has 0 spiro atoms. The van der Waals surface area contributed by atoms with Crippen LogP contribution < -0.4 is 5.32 Å². The van der Waals surface area contributed by atoms with Crippen LogP contribution in [0.5, 0.6) is 0 Å². The van der Waals surface area contributed by atoms with E-state index in [-0.39, 0.29) is 17.2 Å². The molecule has 2 atom stereocenters. The van der Waals surface area contributed by atoms with Crippen molar-refractivity contribution in [2.75, 3.05) is 13.2 Å². The van der Waals surface area contributed by atoms with Crippen molar-refractivity contribution >= 4 is 14.4 Å². The Bertz CT molecular complexity index is 297. The molecule has 2 N–H and O–H groups in total. The van der Waals surface area contributed by atoms with E-state index in [0.717, 1.165) is 13.0 Å². The largest absolute Gasteiger partial charge is 0.465 e. The molecule has 0 saturated carbocycles. The molecule has 5 nitrogen and oxygen atoms in total. The van der Waals surface area contributed by atoms with E-state index in [1.807, 2.05) is 0 Å². The Morgan fingerprint density at radius 3 is 2.50 bits per heavy atom. The summed E-state index contributed by atoms with van der Waals surface area (Å²) in [6.07, 6.45) is -0.0762. The average molecular weight is 275 g/mol. The molecule has 0 aliphatic carbocycles. The molecule has 1 rings (SSSR count). The van der Waals surface area contributed by atoms with Crippen molar-refractivity contribution in [2.45, 2.75) is 57.5 Å². The van der Waals surface area contributed by atoms with Crippen molar-refractivity contribution in [1.82, 2.24) is 5.32 Å². The van der Waals surface area contributed by atoms with Crippen LogP contribution in [0.1, 0.15) is 27.2 Å². The second-order valence-corrected chi connectivity index (χ2v) is 11.1. The number of epoxide rings is 1. The molecule has 1 aliphatic heterocycles. The summed E-state index contributed by atoms with van der Waals surface area (Å²) >= 11 is 0. The molecule has 106 valence electrons. The zero-order valence-corrected chi connectivity index (χ0v) is 12.9. The van der Waals surface area contributed by atoms with Crippen molar-refractivity contribution in [2.24, 2.45) is 0 Å². The molecule has 0 radical (unpaired) electrons. The maximum absolute atomic E-state index is 10.6. The number of carbonyl (C=O) groups is 1. The Morgan fingerprint density at radius 2 is 2.11 bits per heavy atom. The van der Waals surface area contributed by atoms with Crippen LogP contribution in [0.3, 0.4) is 0 Å². The van der Waals surface area contributed by atoms with Gasteiger partial charge in [-0.05, 0) is 18.1 Å². The number of carboxylic acid groups (broad SMARTS) is 1. The summed E-state index contributed by atoms with van der Waals surface area (Å²) in [5.74, 6) is 0. The molecule has 0 aromatic carbocycles. The predicted molar refractivity (Wildman–Crippen MR) is 72.5 cm³/mol. The standard InChI is InChI=1S/C12H25NO4Si/c1-12(2,3)18(4,5)17-9(6-10-8-16-10)7-13-11(14)15/h9-10,13H,6-8H2,1-5H3,(H,14,15). The third-order valence-corrected chi connectivity index (χ3v) is 8.21. The van der Waals surface area contributed by atoms with Crippen LogP contribution in [0.4, 0.5) is 4.79 Å². The highest BCUT2D eigenvalue weighted by Gasteiger charge is 2.40. The molecule has 2 unspecified atom stereocenters. The molecule has 1 aliphatic rings. The van der Waals surface area contributed by atoms with Gasteiger partial charge in [-0.25, -0.2) is 4.79 Å². The van der Waals surface area contributed by atoms with Crippen LogP contribution in [-0.2, 0) is 9.16 Å². The molecule has 1 heterocycles. The zero-order chi connectivity index (χ0) is 14.0. The molecule has 1 amide bonds. The van der Waals surface area contributed by atoms with Crippen LogP contribution >= 0.6 is 0 Å². The Morgan fingerprint density at radius 1 is 1.56 bits per heavy atom. The highest BCUT2D eigenvalue weighted by atomic mass is 28.4. The molecular formula is C12H25NO4Si. The highest BCUT2D eigenvalue weighted by Crippen LogP contribution is 2.38. The first-order chi connectivity index (χ1) is 8.12. The van der Waals surface area contributed by atoms with Crippen molar-refractivity contribution < 1.29 is 19.1 Å². The molecule has 1 fully saturated rings. The minimum Gasteiger partial charge on any atom is -0.465 e. The summed E-state index contributed by atoms with van der Waals surface area (Å²) in [5, 5.41) is 11.2. The third kappa shape index (κ3) is 4.95. The van der Waals surface area contributed by atoms with E-state index in [1.165, 1.54) is 0 Å². The van der Waals surface area contributed by atoms with Crippen LogP contribution in [-0.4, -0.2) is 44.9 Å². The smallest absolute Gasteiger partial charge is 0.404 e. The second kappa shape index (κ2) is 5.58. The van der Waals surface area contributed by atoms with Crippen molar-refractivity contribution in [3.8, 4) is 0 Å². The summed E-state index contributed by atoms with van der Waals surface area (Å²) in [4.78, 5) is 10.6. The fraction of sp³-hybridized carbons (Fsp3) is 0.917. The highest BCUT2D eigenvalue weighted by molar-refractivity contribution is 6.74. The third-order valence-electron chi connectivity index (χ3n) is 3.68. The van der Waals surface area contributed by atoms with Gasteiger partial charge in [0, 0.05) is 13.0 Å². The van der Waals surface area contributed by atoms with Gasteiger partial charge in [-0.15, -0.1) is 0 Å². The zero-order valence-electron chi connectivity index (χ0n) is 11.9. The second-order valence-electron chi connectivity index (χ2n) is 6.38. The first-order valence-electron chi connectivity index (χ1n) is 6.38. The maximum Gasteiger partial charge on any atom is 0.404 e. The van der Waals surface area contributed by atoms with E-state index in [1.54, 1.807) is 0 Å². The fourth-order valence-corrected chi connectivity index (χ4v) is 2.83. The van der Waals surface area contributed by atoms with Gasteiger partial charge in [-0.2, -0.15) is 0 Å². The summed E-state index contributed by atoms with van der Waals surface area (Å²) in [7, 11) is -1.87. The summed E-state index contributed by atoms with van der Waals surface area (Å²) in [5.41, 5.74) is 0. The van der Waals surface area contributed by atoms with Crippen LogP contribution in [0.15, 0.2) is 0 Å². The number of rotatable bonds is 6. The van der Waals surface area contributed by atoms with E-state index in [2.05, 4.69) is 39.2 Å². The Hall–Kier alpha value is -0.593. The lowest BCUT2D eigenvalue weighted by Gasteiger charge is -2.39. The first kappa shape index (κ1) is 15.5. The van der Waals surface area contributed by atoms with Crippen molar-refractivity contribution in [3.63, 3.8) is 0 Å². The van der Waals surface area contributed by atoms with Crippen LogP contribution in [0.2, 0.25) is 18.1 Å².